The molecule has 2 rings (SSSR count). The number of piperidine rings is 1. The molecule has 3 heteroatoms. The van der Waals surface area contributed by atoms with Gasteiger partial charge in [0.25, 0.3) is 0 Å². The highest BCUT2D eigenvalue weighted by Crippen LogP contribution is 2.12. The van der Waals surface area contributed by atoms with E-state index in [2.05, 4.69) is 45.1 Å². The monoisotopic (exact) mass is 281 g/mol. The first-order valence-electron chi connectivity index (χ1n) is 5.72. The van der Waals surface area contributed by atoms with Crippen LogP contribution in [0.4, 0.5) is 0 Å². The summed E-state index contributed by atoms with van der Waals surface area (Å²) in [5.74, 6) is 0.417. The van der Waals surface area contributed by atoms with Crippen LogP contribution < -0.4 is 0 Å². The molecule has 1 saturated heterocycles. The van der Waals surface area contributed by atoms with Crippen molar-refractivity contribution in [3.63, 3.8) is 0 Å². The van der Waals surface area contributed by atoms with E-state index in [0.29, 0.717) is 5.78 Å². The molecule has 1 heterocycles. The van der Waals surface area contributed by atoms with Gasteiger partial charge in [-0.15, -0.1) is 0 Å². The zero-order valence-electron chi connectivity index (χ0n) is 9.29. The lowest BCUT2D eigenvalue weighted by atomic mass is 10.1. The average Bonchev–Trinajstić information content (AvgIpc) is 2.30. The van der Waals surface area contributed by atoms with Crippen LogP contribution in [0.3, 0.4) is 0 Å². The molecule has 0 amide bonds. The number of hydrogen-bond acceptors (Lipinski definition) is 2. The number of benzene rings is 1. The lowest BCUT2D eigenvalue weighted by molar-refractivity contribution is -0.121. The summed E-state index contributed by atoms with van der Waals surface area (Å²) in [5.41, 5.74) is 1.36. The molecule has 1 aliphatic heterocycles. The van der Waals surface area contributed by atoms with Crippen LogP contribution in [0, 0.1) is 0 Å². The summed E-state index contributed by atoms with van der Waals surface area (Å²) in [5, 5.41) is 0. The maximum absolute atomic E-state index is 11.1. The molecule has 1 fully saturated rings. The SMILES string of the molecule is O=C1CCN(CCc2ccc(Br)cc2)CC1. The number of rotatable bonds is 3. The zero-order valence-corrected chi connectivity index (χ0v) is 10.9. The summed E-state index contributed by atoms with van der Waals surface area (Å²) < 4.78 is 1.12. The number of carbonyl (C=O) groups excluding carboxylic acids is 1. The van der Waals surface area contributed by atoms with Crippen molar-refractivity contribution >= 4 is 21.7 Å². The van der Waals surface area contributed by atoms with Crippen molar-refractivity contribution < 1.29 is 4.79 Å². The summed E-state index contributed by atoms with van der Waals surface area (Å²) in [4.78, 5) is 13.5. The van der Waals surface area contributed by atoms with Crippen molar-refractivity contribution in [1.82, 2.24) is 4.90 Å². The summed E-state index contributed by atoms with van der Waals surface area (Å²) in [6.45, 7) is 2.94. The van der Waals surface area contributed by atoms with Gasteiger partial charge >= 0.3 is 0 Å². The van der Waals surface area contributed by atoms with E-state index in [9.17, 15) is 4.79 Å². The van der Waals surface area contributed by atoms with Crippen molar-refractivity contribution in [3.8, 4) is 0 Å². The Labute approximate surface area is 105 Å². The Hall–Kier alpha value is -0.670. The molecule has 0 aliphatic carbocycles. The third-order valence-electron chi connectivity index (χ3n) is 3.04. The van der Waals surface area contributed by atoms with Gasteiger partial charge in [0, 0.05) is 36.9 Å². The summed E-state index contributed by atoms with van der Waals surface area (Å²) in [6, 6.07) is 8.46. The Morgan fingerprint density at radius 1 is 1.12 bits per heavy atom. The van der Waals surface area contributed by atoms with Crippen molar-refractivity contribution in [2.45, 2.75) is 19.3 Å². The molecule has 1 aromatic rings. The quantitative estimate of drug-likeness (QED) is 0.849. The lowest BCUT2D eigenvalue weighted by Crippen LogP contribution is -2.35. The minimum Gasteiger partial charge on any atom is -0.302 e. The van der Waals surface area contributed by atoms with E-state index < -0.39 is 0 Å². The van der Waals surface area contributed by atoms with Crippen LogP contribution in [0.15, 0.2) is 28.7 Å². The molecule has 0 aromatic heterocycles. The number of halogens is 1. The van der Waals surface area contributed by atoms with Crippen LogP contribution in [0.1, 0.15) is 18.4 Å². The Balaban J connectivity index is 1.79. The minimum atomic E-state index is 0.417. The molecule has 0 unspecified atom stereocenters. The van der Waals surface area contributed by atoms with Crippen LogP contribution in [0.5, 0.6) is 0 Å². The third-order valence-corrected chi connectivity index (χ3v) is 3.57. The highest BCUT2D eigenvalue weighted by atomic mass is 79.9. The third kappa shape index (κ3) is 3.42. The van der Waals surface area contributed by atoms with Crippen LogP contribution in [0.25, 0.3) is 0 Å². The fourth-order valence-electron chi connectivity index (χ4n) is 1.96. The Morgan fingerprint density at radius 2 is 1.75 bits per heavy atom. The molecule has 0 bridgehead atoms. The first kappa shape index (κ1) is 11.8. The van der Waals surface area contributed by atoms with Gasteiger partial charge in [0.1, 0.15) is 5.78 Å². The van der Waals surface area contributed by atoms with E-state index in [-0.39, 0.29) is 0 Å². The largest absolute Gasteiger partial charge is 0.302 e. The molecule has 16 heavy (non-hydrogen) atoms. The molecule has 0 atom stereocenters. The van der Waals surface area contributed by atoms with Gasteiger partial charge < -0.3 is 4.90 Å². The zero-order chi connectivity index (χ0) is 11.4. The van der Waals surface area contributed by atoms with E-state index in [0.717, 1.165) is 43.4 Å². The van der Waals surface area contributed by atoms with Crippen molar-refractivity contribution in [2.24, 2.45) is 0 Å². The van der Waals surface area contributed by atoms with Crippen LogP contribution in [0.2, 0.25) is 0 Å². The van der Waals surface area contributed by atoms with Gasteiger partial charge in [-0.1, -0.05) is 28.1 Å². The van der Waals surface area contributed by atoms with E-state index >= 15 is 0 Å². The molecule has 1 aliphatic rings. The fourth-order valence-corrected chi connectivity index (χ4v) is 2.23. The number of Topliss-reactive ketones (excluding diaryl/α,β-unsaturated/α-hetero) is 1. The Morgan fingerprint density at radius 3 is 2.38 bits per heavy atom. The standard InChI is InChI=1S/C13H16BrNO/c14-12-3-1-11(2-4-12)5-8-15-9-6-13(16)7-10-15/h1-4H,5-10H2. The molecule has 0 spiro atoms. The second-order valence-electron chi connectivity index (χ2n) is 4.26. The fraction of sp³-hybridized carbons (Fsp3) is 0.462. The first-order chi connectivity index (χ1) is 7.74. The van der Waals surface area contributed by atoms with Gasteiger partial charge in [0.05, 0.1) is 0 Å². The highest BCUT2D eigenvalue weighted by molar-refractivity contribution is 9.10. The number of carbonyl (C=O) groups is 1. The molecule has 2 nitrogen and oxygen atoms in total. The van der Waals surface area contributed by atoms with Gasteiger partial charge in [-0.2, -0.15) is 0 Å². The number of likely N-dealkylation sites (tertiary alicyclic amines) is 1. The smallest absolute Gasteiger partial charge is 0.135 e. The molecular formula is C13H16BrNO. The topological polar surface area (TPSA) is 20.3 Å². The van der Waals surface area contributed by atoms with Gasteiger partial charge in [-0.25, -0.2) is 0 Å². The molecular weight excluding hydrogens is 266 g/mol. The summed E-state index contributed by atoms with van der Waals surface area (Å²) in [6.07, 6.45) is 2.54. The van der Waals surface area contributed by atoms with Gasteiger partial charge in [0.2, 0.25) is 0 Å². The van der Waals surface area contributed by atoms with E-state index in [1.807, 2.05) is 0 Å². The number of nitrogens with zero attached hydrogens (tertiary/aromatic N) is 1. The normalized spacial score (nSPS) is 17.7. The van der Waals surface area contributed by atoms with Crippen molar-refractivity contribution in [2.75, 3.05) is 19.6 Å². The highest BCUT2D eigenvalue weighted by Gasteiger charge is 2.15. The van der Waals surface area contributed by atoms with Crippen LogP contribution >= 0.6 is 15.9 Å². The van der Waals surface area contributed by atoms with Crippen LogP contribution in [-0.2, 0) is 11.2 Å². The predicted molar refractivity (Wildman–Crippen MR) is 68.5 cm³/mol. The molecule has 0 N–H and O–H groups in total. The van der Waals surface area contributed by atoms with E-state index in [4.69, 9.17) is 0 Å². The average molecular weight is 282 g/mol. The molecule has 86 valence electrons. The number of ketones is 1. The molecule has 0 radical (unpaired) electrons. The number of hydrogen-bond donors (Lipinski definition) is 0. The van der Waals surface area contributed by atoms with E-state index in [1.54, 1.807) is 0 Å². The van der Waals surface area contributed by atoms with Gasteiger partial charge in [0.15, 0.2) is 0 Å². The van der Waals surface area contributed by atoms with Crippen molar-refractivity contribution in [3.05, 3.63) is 34.3 Å². The second kappa shape index (κ2) is 5.60. The molecule has 0 saturated carbocycles. The lowest BCUT2D eigenvalue weighted by Gasteiger charge is -2.25. The van der Waals surface area contributed by atoms with Crippen molar-refractivity contribution in [1.29, 1.82) is 0 Å². The molecule has 1 aromatic carbocycles. The minimum absolute atomic E-state index is 0.417. The van der Waals surface area contributed by atoms with Gasteiger partial charge in [-0.3, -0.25) is 4.79 Å². The Bertz CT molecular complexity index is 351. The summed E-state index contributed by atoms with van der Waals surface area (Å²) >= 11 is 3.43. The predicted octanol–water partition coefficient (Wildman–Crippen LogP) is 2.66. The Kier molecular flexibility index (Phi) is 4.13. The van der Waals surface area contributed by atoms with Gasteiger partial charge in [-0.05, 0) is 24.1 Å². The van der Waals surface area contributed by atoms with E-state index in [1.165, 1.54) is 5.56 Å². The first-order valence-corrected chi connectivity index (χ1v) is 6.52. The van der Waals surface area contributed by atoms with Crippen LogP contribution in [-0.4, -0.2) is 30.3 Å². The maximum Gasteiger partial charge on any atom is 0.135 e. The summed E-state index contributed by atoms with van der Waals surface area (Å²) in [7, 11) is 0. The second-order valence-corrected chi connectivity index (χ2v) is 5.17. The maximum atomic E-state index is 11.1.